The van der Waals surface area contributed by atoms with Crippen LogP contribution in [0.1, 0.15) is 51.0 Å². The van der Waals surface area contributed by atoms with Crippen LogP contribution in [0.3, 0.4) is 0 Å². The topological polar surface area (TPSA) is 42.0 Å². The third-order valence-corrected chi connectivity index (χ3v) is 7.13. The average molecular weight is 401 g/mol. The van der Waals surface area contributed by atoms with Crippen LogP contribution in [0, 0.1) is 5.41 Å². The summed E-state index contributed by atoms with van der Waals surface area (Å²) in [4.78, 5) is 17.1. The number of piperidine rings is 2. The molecule has 0 N–H and O–H groups in total. The van der Waals surface area contributed by atoms with Crippen LogP contribution in [0.25, 0.3) is 0 Å². The van der Waals surface area contributed by atoms with Gasteiger partial charge in [-0.05, 0) is 68.7 Å². The maximum absolute atomic E-state index is 12.4. The standard InChI is InChI=1S/C24H36N2O3/c1-2-20-6-3-4-8-22(20)29-17-15-25-13-11-24(12-14-25)10-9-23(27)26(19-24)18-21-7-5-16-28-21/h3-4,6,8,21H,2,5,7,9-19H2,1H3/t21-/m0/s1. The lowest BCUT2D eigenvalue weighted by Gasteiger charge is -2.47. The second kappa shape index (κ2) is 9.48. The van der Waals surface area contributed by atoms with Gasteiger partial charge in [-0.25, -0.2) is 0 Å². The van der Waals surface area contributed by atoms with Gasteiger partial charge in [0.1, 0.15) is 12.4 Å². The number of hydrogen-bond acceptors (Lipinski definition) is 4. The minimum Gasteiger partial charge on any atom is -0.492 e. The molecule has 0 saturated carbocycles. The second-order valence-electron chi connectivity index (χ2n) is 9.06. The minimum absolute atomic E-state index is 0.261. The molecule has 1 amide bonds. The molecule has 4 rings (SSSR count). The molecule has 0 aromatic heterocycles. The van der Waals surface area contributed by atoms with E-state index in [4.69, 9.17) is 9.47 Å². The molecule has 3 heterocycles. The Labute approximate surface area is 175 Å². The van der Waals surface area contributed by atoms with Crippen molar-refractivity contribution in [3.63, 3.8) is 0 Å². The van der Waals surface area contributed by atoms with E-state index >= 15 is 0 Å². The van der Waals surface area contributed by atoms with E-state index in [0.29, 0.717) is 17.7 Å². The van der Waals surface area contributed by atoms with Gasteiger partial charge in [-0.3, -0.25) is 9.69 Å². The number of carbonyl (C=O) groups is 1. The monoisotopic (exact) mass is 400 g/mol. The fourth-order valence-corrected chi connectivity index (χ4v) is 5.18. The first-order valence-corrected chi connectivity index (χ1v) is 11.5. The summed E-state index contributed by atoms with van der Waals surface area (Å²) in [6, 6.07) is 8.34. The highest BCUT2D eigenvalue weighted by molar-refractivity contribution is 5.77. The van der Waals surface area contributed by atoms with Crippen LogP contribution in [0.5, 0.6) is 5.75 Å². The first kappa shape index (κ1) is 20.7. The maximum atomic E-state index is 12.4. The van der Waals surface area contributed by atoms with E-state index in [0.717, 1.165) is 77.4 Å². The number of hydrogen-bond donors (Lipinski definition) is 0. The SMILES string of the molecule is CCc1ccccc1OCCN1CCC2(CCC(=O)N(C[C@@H]3CCCO3)C2)CC1. The molecule has 0 unspecified atom stereocenters. The highest BCUT2D eigenvalue weighted by Gasteiger charge is 2.41. The van der Waals surface area contributed by atoms with E-state index in [2.05, 4.69) is 34.9 Å². The van der Waals surface area contributed by atoms with E-state index < -0.39 is 0 Å². The van der Waals surface area contributed by atoms with E-state index in [1.807, 2.05) is 6.07 Å². The Bertz CT molecular complexity index is 678. The molecule has 1 aromatic rings. The molecule has 29 heavy (non-hydrogen) atoms. The number of amides is 1. The number of aryl methyl sites for hydroxylation is 1. The van der Waals surface area contributed by atoms with Crippen molar-refractivity contribution in [1.29, 1.82) is 0 Å². The molecule has 3 fully saturated rings. The van der Waals surface area contributed by atoms with Gasteiger partial charge in [0.15, 0.2) is 0 Å². The number of para-hydroxylation sites is 1. The molecular formula is C24H36N2O3. The highest BCUT2D eigenvalue weighted by atomic mass is 16.5. The first-order valence-electron chi connectivity index (χ1n) is 11.5. The second-order valence-corrected chi connectivity index (χ2v) is 9.06. The molecule has 1 aromatic carbocycles. The lowest BCUT2D eigenvalue weighted by molar-refractivity contribution is -0.141. The van der Waals surface area contributed by atoms with Crippen molar-refractivity contribution >= 4 is 5.91 Å². The van der Waals surface area contributed by atoms with Gasteiger partial charge in [-0.1, -0.05) is 25.1 Å². The quantitative estimate of drug-likeness (QED) is 0.702. The van der Waals surface area contributed by atoms with Gasteiger partial charge < -0.3 is 14.4 Å². The van der Waals surface area contributed by atoms with Crippen LogP contribution in [0.15, 0.2) is 24.3 Å². The molecule has 0 radical (unpaired) electrons. The Kier molecular flexibility index (Phi) is 6.76. The molecule has 160 valence electrons. The van der Waals surface area contributed by atoms with Crippen molar-refractivity contribution < 1.29 is 14.3 Å². The molecule has 0 bridgehead atoms. The fraction of sp³-hybridized carbons (Fsp3) is 0.708. The normalized spacial score (nSPS) is 24.9. The Morgan fingerprint density at radius 3 is 2.79 bits per heavy atom. The summed E-state index contributed by atoms with van der Waals surface area (Å²) < 4.78 is 11.8. The minimum atomic E-state index is 0.261. The number of ether oxygens (including phenoxy) is 2. The Morgan fingerprint density at radius 1 is 1.21 bits per heavy atom. The predicted octanol–water partition coefficient (Wildman–Crippen LogP) is 3.51. The zero-order chi connectivity index (χ0) is 20.1. The Morgan fingerprint density at radius 2 is 2.03 bits per heavy atom. The van der Waals surface area contributed by atoms with Crippen molar-refractivity contribution in [2.24, 2.45) is 5.41 Å². The Hall–Kier alpha value is -1.59. The highest BCUT2D eigenvalue weighted by Crippen LogP contribution is 2.40. The lowest BCUT2D eigenvalue weighted by Crippen LogP contribution is -2.53. The molecule has 3 aliphatic heterocycles. The number of benzene rings is 1. The summed E-state index contributed by atoms with van der Waals surface area (Å²) >= 11 is 0. The zero-order valence-corrected chi connectivity index (χ0v) is 17.9. The molecular weight excluding hydrogens is 364 g/mol. The smallest absolute Gasteiger partial charge is 0.222 e. The van der Waals surface area contributed by atoms with Gasteiger partial charge in [0.05, 0.1) is 6.10 Å². The average Bonchev–Trinajstić information content (AvgIpc) is 3.26. The Balaban J connectivity index is 1.23. The molecule has 1 spiro atoms. The largest absolute Gasteiger partial charge is 0.492 e. The van der Waals surface area contributed by atoms with Gasteiger partial charge in [0.25, 0.3) is 0 Å². The lowest BCUT2D eigenvalue weighted by atomic mass is 9.72. The summed E-state index contributed by atoms with van der Waals surface area (Å²) in [6.07, 6.45) is 7.65. The van der Waals surface area contributed by atoms with Crippen LogP contribution in [0.4, 0.5) is 0 Å². The number of nitrogens with zero attached hydrogens (tertiary/aromatic N) is 2. The summed E-state index contributed by atoms with van der Waals surface area (Å²) in [5, 5.41) is 0. The van der Waals surface area contributed by atoms with Gasteiger partial charge in [0, 0.05) is 32.7 Å². The van der Waals surface area contributed by atoms with Crippen molar-refractivity contribution in [3.8, 4) is 5.75 Å². The number of likely N-dealkylation sites (tertiary alicyclic amines) is 2. The van der Waals surface area contributed by atoms with E-state index in [1.54, 1.807) is 0 Å². The predicted molar refractivity (Wildman–Crippen MR) is 114 cm³/mol. The summed E-state index contributed by atoms with van der Waals surface area (Å²) in [6.45, 7) is 8.71. The summed E-state index contributed by atoms with van der Waals surface area (Å²) in [5.41, 5.74) is 1.60. The van der Waals surface area contributed by atoms with Crippen LogP contribution in [-0.2, 0) is 16.0 Å². The molecule has 1 atom stereocenters. The fourth-order valence-electron chi connectivity index (χ4n) is 5.18. The van der Waals surface area contributed by atoms with Gasteiger partial charge in [-0.15, -0.1) is 0 Å². The third kappa shape index (κ3) is 5.13. The van der Waals surface area contributed by atoms with Crippen LogP contribution in [0.2, 0.25) is 0 Å². The van der Waals surface area contributed by atoms with E-state index in [1.165, 1.54) is 18.4 Å². The molecule has 3 saturated heterocycles. The third-order valence-electron chi connectivity index (χ3n) is 7.13. The van der Waals surface area contributed by atoms with E-state index in [9.17, 15) is 4.79 Å². The van der Waals surface area contributed by atoms with E-state index in [-0.39, 0.29) is 6.10 Å². The molecule has 3 aliphatic rings. The van der Waals surface area contributed by atoms with Crippen molar-refractivity contribution in [2.75, 3.05) is 45.9 Å². The van der Waals surface area contributed by atoms with Gasteiger partial charge in [0.2, 0.25) is 5.91 Å². The number of carbonyl (C=O) groups excluding carboxylic acids is 1. The zero-order valence-electron chi connectivity index (χ0n) is 17.9. The maximum Gasteiger partial charge on any atom is 0.222 e. The van der Waals surface area contributed by atoms with Crippen molar-refractivity contribution in [3.05, 3.63) is 29.8 Å². The van der Waals surface area contributed by atoms with Crippen molar-refractivity contribution in [2.45, 2.75) is 58.0 Å². The molecule has 0 aliphatic carbocycles. The van der Waals surface area contributed by atoms with Gasteiger partial charge in [-0.2, -0.15) is 0 Å². The summed E-state index contributed by atoms with van der Waals surface area (Å²) in [7, 11) is 0. The van der Waals surface area contributed by atoms with Crippen LogP contribution in [-0.4, -0.2) is 67.7 Å². The molecule has 5 nitrogen and oxygen atoms in total. The van der Waals surface area contributed by atoms with Gasteiger partial charge >= 0.3 is 0 Å². The van der Waals surface area contributed by atoms with Crippen molar-refractivity contribution in [1.82, 2.24) is 9.80 Å². The first-order chi connectivity index (χ1) is 14.2. The van der Waals surface area contributed by atoms with Crippen LogP contribution < -0.4 is 4.74 Å². The number of rotatable bonds is 7. The summed E-state index contributed by atoms with van der Waals surface area (Å²) in [5.74, 6) is 1.36. The molecule has 5 heteroatoms. The van der Waals surface area contributed by atoms with Crippen LogP contribution >= 0.6 is 0 Å².